The van der Waals surface area contributed by atoms with Crippen LogP contribution in [0.25, 0.3) is 89.7 Å². The van der Waals surface area contributed by atoms with Crippen molar-refractivity contribution in [3.05, 3.63) is 223 Å². The number of aromatic nitrogens is 3. The maximum absolute atomic E-state index is 5.10. The van der Waals surface area contributed by atoms with Gasteiger partial charge in [0.1, 0.15) is 5.82 Å². The van der Waals surface area contributed by atoms with Crippen LogP contribution in [0.15, 0.2) is 206 Å². The Hall–Kier alpha value is -7.49. The molecule has 0 N–H and O–H groups in total. The van der Waals surface area contributed by atoms with Crippen LogP contribution in [0.2, 0.25) is 0 Å². The largest absolute Gasteiger partial charge is 0.313 e. The molecule has 0 amide bonds. The van der Waals surface area contributed by atoms with Crippen LogP contribution >= 0.6 is 0 Å². The summed E-state index contributed by atoms with van der Waals surface area (Å²) in [5.74, 6) is 0.935. The van der Waals surface area contributed by atoms with E-state index in [1.807, 2.05) is 0 Å². The summed E-state index contributed by atoms with van der Waals surface area (Å²) in [4.78, 5) is 5.10. The molecule has 1 aliphatic rings. The van der Waals surface area contributed by atoms with Crippen molar-refractivity contribution in [3.63, 3.8) is 0 Å². The van der Waals surface area contributed by atoms with Crippen molar-refractivity contribution < 1.29 is 0 Å². The van der Waals surface area contributed by atoms with E-state index in [4.69, 9.17) is 4.98 Å². The summed E-state index contributed by atoms with van der Waals surface area (Å²) in [6, 6.07) is 74.1. The number of allylic oxidation sites excluding steroid dienone is 1. The summed E-state index contributed by atoms with van der Waals surface area (Å²) in [7, 11) is 0. The van der Waals surface area contributed by atoms with Gasteiger partial charge in [-0.25, -0.2) is 4.98 Å². The first kappa shape index (κ1) is 33.8. The van der Waals surface area contributed by atoms with Gasteiger partial charge in [-0.1, -0.05) is 164 Å². The Labute approximate surface area is 338 Å². The normalized spacial score (nSPS) is 12.4. The first-order chi connectivity index (χ1) is 28.8. The number of fused-ring (bicyclic) bond motifs is 4. The van der Waals surface area contributed by atoms with Gasteiger partial charge in [0.05, 0.1) is 16.6 Å². The van der Waals surface area contributed by atoms with Crippen LogP contribution in [-0.4, -0.2) is 14.1 Å². The van der Waals surface area contributed by atoms with Gasteiger partial charge >= 0.3 is 0 Å². The van der Waals surface area contributed by atoms with Crippen molar-refractivity contribution in [1.82, 2.24) is 14.1 Å². The van der Waals surface area contributed by atoms with Gasteiger partial charge in [0.25, 0.3) is 0 Å². The number of benzene rings is 8. The Morgan fingerprint density at radius 3 is 1.48 bits per heavy atom. The minimum atomic E-state index is 0.935. The summed E-state index contributed by atoms with van der Waals surface area (Å²) in [5, 5.41) is 1.31. The van der Waals surface area contributed by atoms with E-state index in [-0.39, 0.29) is 0 Å². The standard InChI is InChI=1S/C55H39N3/c1-3-15-43(16-4-1)57-52-25-13-11-23-49(52)50-37-42(35-36-53(50)57)38-27-29-39(30-28-38)45-19-7-9-21-47(45)48-22-10-8-20-46(48)40-31-33-41(34-32-40)55-56-51-24-12-14-26-54(51)58(55)44-17-5-2-6-18-44/h1-34,37H,35-36H2. The van der Waals surface area contributed by atoms with E-state index in [1.165, 1.54) is 72.4 Å². The zero-order chi connectivity index (χ0) is 38.4. The molecule has 0 spiro atoms. The molecule has 0 saturated heterocycles. The summed E-state index contributed by atoms with van der Waals surface area (Å²) in [6.45, 7) is 0. The fourth-order valence-electron chi connectivity index (χ4n) is 8.98. The van der Waals surface area contributed by atoms with Gasteiger partial charge in [0.15, 0.2) is 0 Å². The number of nitrogens with zero attached hydrogens (tertiary/aromatic N) is 3. The number of hydrogen-bond donors (Lipinski definition) is 0. The molecule has 0 fully saturated rings. The quantitative estimate of drug-likeness (QED) is 0.159. The highest BCUT2D eigenvalue weighted by Gasteiger charge is 2.22. The Morgan fingerprint density at radius 1 is 0.362 bits per heavy atom. The van der Waals surface area contributed by atoms with E-state index in [0.717, 1.165) is 41.0 Å². The summed E-state index contributed by atoms with van der Waals surface area (Å²) >= 11 is 0. The lowest BCUT2D eigenvalue weighted by Gasteiger charge is -2.18. The minimum absolute atomic E-state index is 0.935. The number of hydrogen-bond acceptors (Lipinski definition) is 1. The van der Waals surface area contributed by atoms with E-state index in [9.17, 15) is 0 Å². The Balaban J connectivity index is 0.926. The van der Waals surface area contributed by atoms with Crippen LogP contribution in [-0.2, 0) is 6.42 Å². The van der Waals surface area contributed by atoms with Crippen molar-refractivity contribution in [2.45, 2.75) is 12.8 Å². The molecule has 10 aromatic rings. The highest BCUT2D eigenvalue weighted by Crippen LogP contribution is 2.41. The second-order valence-electron chi connectivity index (χ2n) is 15.1. The van der Waals surface area contributed by atoms with Gasteiger partial charge in [0.2, 0.25) is 0 Å². The van der Waals surface area contributed by atoms with Crippen LogP contribution in [0.1, 0.15) is 23.2 Å². The van der Waals surface area contributed by atoms with Gasteiger partial charge in [-0.15, -0.1) is 0 Å². The van der Waals surface area contributed by atoms with Gasteiger partial charge in [0, 0.05) is 33.6 Å². The zero-order valence-electron chi connectivity index (χ0n) is 32.0. The van der Waals surface area contributed by atoms with Gasteiger partial charge in [-0.05, 0) is 106 Å². The molecule has 3 nitrogen and oxygen atoms in total. The van der Waals surface area contributed by atoms with E-state index in [2.05, 4.69) is 221 Å². The molecule has 2 heterocycles. The third kappa shape index (κ3) is 5.79. The molecule has 2 aromatic heterocycles. The molecule has 0 radical (unpaired) electrons. The van der Waals surface area contributed by atoms with E-state index < -0.39 is 0 Å². The molecule has 1 aliphatic carbocycles. The predicted molar refractivity (Wildman–Crippen MR) is 242 cm³/mol. The Kier molecular flexibility index (Phi) is 8.29. The third-order valence-electron chi connectivity index (χ3n) is 11.7. The van der Waals surface area contributed by atoms with Crippen LogP contribution in [0.5, 0.6) is 0 Å². The first-order valence-electron chi connectivity index (χ1n) is 20.1. The molecule has 0 atom stereocenters. The maximum Gasteiger partial charge on any atom is 0.145 e. The van der Waals surface area contributed by atoms with Gasteiger partial charge in [-0.3, -0.25) is 4.57 Å². The van der Waals surface area contributed by atoms with E-state index in [1.54, 1.807) is 0 Å². The van der Waals surface area contributed by atoms with Crippen molar-refractivity contribution in [3.8, 4) is 56.1 Å². The van der Waals surface area contributed by atoms with Crippen LogP contribution in [0, 0.1) is 0 Å². The minimum Gasteiger partial charge on any atom is -0.313 e. The van der Waals surface area contributed by atoms with E-state index in [0.29, 0.717) is 0 Å². The second-order valence-corrected chi connectivity index (χ2v) is 15.1. The van der Waals surface area contributed by atoms with Gasteiger partial charge < -0.3 is 4.57 Å². The SMILES string of the molecule is C1=C(c2ccc(-c3ccccc3-c3ccccc3-c3ccc(-c4nc5ccccc5n4-c4ccccc4)cc3)cc2)CCc2c1c1ccccc1n2-c1ccccc1. The zero-order valence-corrected chi connectivity index (χ0v) is 32.0. The van der Waals surface area contributed by atoms with E-state index >= 15 is 0 Å². The highest BCUT2D eigenvalue weighted by molar-refractivity contribution is 5.99. The lowest BCUT2D eigenvalue weighted by atomic mass is 9.87. The fourth-order valence-corrected chi connectivity index (χ4v) is 8.98. The smallest absolute Gasteiger partial charge is 0.145 e. The van der Waals surface area contributed by atoms with Crippen molar-refractivity contribution in [2.24, 2.45) is 0 Å². The van der Waals surface area contributed by atoms with Crippen molar-refractivity contribution in [1.29, 1.82) is 0 Å². The van der Waals surface area contributed by atoms with Crippen molar-refractivity contribution in [2.75, 3.05) is 0 Å². The second kappa shape index (κ2) is 14.2. The molecule has 3 heteroatoms. The number of para-hydroxylation sites is 5. The van der Waals surface area contributed by atoms with Crippen molar-refractivity contribution >= 4 is 33.6 Å². The maximum atomic E-state index is 5.10. The Morgan fingerprint density at radius 2 is 0.845 bits per heavy atom. The topological polar surface area (TPSA) is 22.8 Å². The Bertz CT molecular complexity index is 3130. The average Bonchev–Trinajstić information content (AvgIpc) is 3.86. The number of imidazole rings is 1. The molecule has 0 unspecified atom stereocenters. The first-order valence-corrected chi connectivity index (χ1v) is 20.1. The molecule has 0 aliphatic heterocycles. The fraction of sp³-hybridized carbons (Fsp3) is 0.0364. The van der Waals surface area contributed by atoms with Crippen LogP contribution in [0.4, 0.5) is 0 Å². The molecule has 274 valence electrons. The molecule has 58 heavy (non-hydrogen) atoms. The lowest BCUT2D eigenvalue weighted by Crippen LogP contribution is -2.05. The molecular weight excluding hydrogens is 703 g/mol. The summed E-state index contributed by atoms with van der Waals surface area (Å²) in [6.07, 6.45) is 4.44. The molecule has 0 saturated carbocycles. The molecule has 0 bridgehead atoms. The summed E-state index contributed by atoms with van der Waals surface area (Å²) in [5.41, 5.74) is 19.4. The predicted octanol–water partition coefficient (Wildman–Crippen LogP) is 14.1. The number of rotatable bonds is 7. The summed E-state index contributed by atoms with van der Waals surface area (Å²) < 4.78 is 4.71. The monoisotopic (exact) mass is 741 g/mol. The highest BCUT2D eigenvalue weighted by atomic mass is 15.1. The van der Waals surface area contributed by atoms with Crippen LogP contribution in [0.3, 0.4) is 0 Å². The third-order valence-corrected chi connectivity index (χ3v) is 11.7. The molecule has 8 aromatic carbocycles. The lowest BCUT2D eigenvalue weighted by molar-refractivity contribution is 0.898. The average molecular weight is 742 g/mol. The molecular formula is C55H39N3. The molecule has 11 rings (SSSR count). The van der Waals surface area contributed by atoms with Crippen LogP contribution < -0.4 is 0 Å². The van der Waals surface area contributed by atoms with Gasteiger partial charge in [-0.2, -0.15) is 0 Å².